The molecule has 3 aliphatic rings. The number of hydrogen-bond donors (Lipinski definition) is 22. The third-order valence-corrected chi connectivity index (χ3v) is 23.4. The smallest absolute Gasteiger partial charge is 0.246 e. The number of para-hydroxylation sites is 2. The number of nitrogens with zero attached hydrogens (tertiary/aromatic N) is 5. The molecule has 3 saturated heterocycles. The number of guanidine groups is 1. The van der Waals surface area contributed by atoms with Crippen LogP contribution in [0.15, 0.2) is 85.2 Å². The van der Waals surface area contributed by atoms with Crippen LogP contribution in [0.3, 0.4) is 0 Å². The van der Waals surface area contributed by atoms with Crippen molar-refractivity contribution in [3.05, 3.63) is 102 Å². The Labute approximate surface area is 741 Å². The molecule has 2 aromatic heterocycles. The van der Waals surface area contributed by atoms with Gasteiger partial charge < -0.3 is 136 Å². The van der Waals surface area contributed by atoms with E-state index in [4.69, 9.17) is 28.3 Å². The Kier molecular flexibility index (Phi) is 37.7. The number of primary amides is 2. The van der Waals surface area contributed by atoms with Gasteiger partial charge in [0.05, 0.1) is 38.0 Å². The fourth-order valence-electron chi connectivity index (χ4n) is 15.3. The van der Waals surface area contributed by atoms with Crippen LogP contribution in [0.1, 0.15) is 101 Å². The van der Waals surface area contributed by atoms with Crippen molar-refractivity contribution in [3.63, 3.8) is 0 Å². The largest absolute Gasteiger partial charge is 0.508 e. The quantitative estimate of drug-likeness (QED) is 0.0164. The number of phenolic OH excluding ortho intramolecular Hbond substituents is 1. The molecule has 3 fully saturated rings. The van der Waals surface area contributed by atoms with Gasteiger partial charge in [0, 0.05) is 120 Å². The number of benzene rings is 3. The fourth-order valence-corrected chi connectivity index (χ4v) is 16.2. The van der Waals surface area contributed by atoms with E-state index in [9.17, 15) is 82.8 Å². The molecule has 128 heavy (non-hydrogen) atoms. The first-order valence-electron chi connectivity index (χ1n) is 42.0. The number of aliphatic hydroxyl groups is 3. The van der Waals surface area contributed by atoms with Gasteiger partial charge in [0.15, 0.2) is 5.96 Å². The minimum Gasteiger partial charge on any atom is -0.508 e. The number of likely N-dealkylation sites (N-methyl/N-ethyl adjacent to an activating group) is 3. The Hall–Kier alpha value is -13.0. The van der Waals surface area contributed by atoms with Crippen LogP contribution in [-0.2, 0) is 101 Å². The van der Waals surface area contributed by atoms with Gasteiger partial charge in [-0.15, -0.1) is 11.8 Å². The summed E-state index contributed by atoms with van der Waals surface area (Å²) >= 11 is 0.748. The third kappa shape index (κ3) is 28.0. The van der Waals surface area contributed by atoms with E-state index in [1.54, 1.807) is 67.8 Å². The first-order valence-corrected chi connectivity index (χ1v) is 43.2. The van der Waals surface area contributed by atoms with Gasteiger partial charge >= 0.3 is 0 Å². The van der Waals surface area contributed by atoms with E-state index in [-0.39, 0.29) is 89.5 Å². The van der Waals surface area contributed by atoms with Crippen molar-refractivity contribution in [2.24, 2.45) is 22.9 Å². The van der Waals surface area contributed by atoms with Crippen LogP contribution in [0.2, 0.25) is 0 Å². The number of aromatic hydroxyl groups is 1. The van der Waals surface area contributed by atoms with Gasteiger partial charge in [-0.3, -0.25) is 86.9 Å². The zero-order valence-electron chi connectivity index (χ0n) is 71.8. The summed E-state index contributed by atoms with van der Waals surface area (Å²) in [5, 5.41) is 79.4. The molecule has 696 valence electrons. The number of rotatable bonds is 23. The Balaban J connectivity index is 1.15. The molecule has 44 nitrogen and oxygen atoms in total. The van der Waals surface area contributed by atoms with Crippen molar-refractivity contribution in [1.29, 1.82) is 5.41 Å². The van der Waals surface area contributed by atoms with Crippen LogP contribution >= 0.6 is 11.8 Å². The number of H-pyrrole nitrogens is 2. The number of carbonyl (C=O) groups excluding carboxylic acids is 17. The highest BCUT2D eigenvalue weighted by Gasteiger charge is 2.46. The van der Waals surface area contributed by atoms with Gasteiger partial charge in [0.1, 0.15) is 84.3 Å². The lowest BCUT2D eigenvalue weighted by molar-refractivity contribution is -0.146. The summed E-state index contributed by atoms with van der Waals surface area (Å²) in [6.07, 6.45) is -0.301. The summed E-state index contributed by atoms with van der Waals surface area (Å²) in [7, 11) is 3.73. The first kappa shape index (κ1) is 100. The number of aromatic nitrogens is 2. The molecule has 0 aliphatic carbocycles. The van der Waals surface area contributed by atoms with Crippen molar-refractivity contribution in [2.75, 3.05) is 85.1 Å². The molecule has 3 aromatic carbocycles. The monoisotopic (exact) mass is 1800 g/mol. The minimum absolute atomic E-state index is 0.0158. The highest BCUT2D eigenvalue weighted by atomic mass is 32.2. The second kappa shape index (κ2) is 48.1. The molecule has 45 heteroatoms. The Morgan fingerprint density at radius 1 is 0.555 bits per heavy atom. The van der Waals surface area contributed by atoms with Gasteiger partial charge in [0.25, 0.3) is 0 Å². The van der Waals surface area contributed by atoms with E-state index < -0.39 is 255 Å². The fraction of sp³-hybridized carbons (Fsp3) is 0.518. The van der Waals surface area contributed by atoms with Crippen LogP contribution in [0.5, 0.6) is 5.75 Å². The summed E-state index contributed by atoms with van der Waals surface area (Å²) in [5.41, 5.74) is 25.6. The van der Waals surface area contributed by atoms with E-state index in [1.807, 2.05) is 0 Å². The van der Waals surface area contributed by atoms with E-state index in [2.05, 4.69) is 68.5 Å². The molecular formula is C83H117N23O21S. The molecule has 14 atom stereocenters. The van der Waals surface area contributed by atoms with Gasteiger partial charge in [-0.25, -0.2) is 0 Å². The maximum absolute atomic E-state index is 15.1. The van der Waals surface area contributed by atoms with Crippen molar-refractivity contribution in [3.8, 4) is 5.75 Å². The highest BCUT2D eigenvalue weighted by Crippen LogP contribution is 2.27. The van der Waals surface area contributed by atoms with Gasteiger partial charge in [0.2, 0.25) is 100 Å². The Morgan fingerprint density at radius 2 is 1.10 bits per heavy atom. The maximum atomic E-state index is 15.1. The zero-order chi connectivity index (χ0) is 93.8. The molecule has 17 amide bonds. The van der Waals surface area contributed by atoms with Crippen LogP contribution in [0.4, 0.5) is 0 Å². The predicted octanol–water partition coefficient (Wildman–Crippen LogP) is -6.77. The second-order valence-electron chi connectivity index (χ2n) is 31.8. The van der Waals surface area contributed by atoms with Gasteiger partial charge in [-0.1, -0.05) is 68.3 Å². The number of unbranched alkanes of at least 4 members (excludes halogenated alkanes) is 1. The lowest BCUT2D eigenvalue weighted by atomic mass is 10.0. The molecule has 5 heterocycles. The standard InChI is InChI=1S/C83H117N23O21S/c1-6-7-21-63-75(120)98-59(34-66(85)111)82(127)105-28-13-22-64(105)76(121)100-61(41-108)74(119)95-55(20-14-29-107)81(126)106-39-49(110)33-65(106)77(122)96-56(31-46-36-90-52-17-10-8-15-50(46)52)72(117)99-60(35-84)73(118)97-58(32-47-37-91-53-18-11-9-16-51(47)53)79(124)103(4)44(2)78(123)102(3)40-68(113)93-54(19-12-27-89-83(87)88)71(116)101-62(70(115)92-38-67(86)112)42-128-43-69(114)94-57(80(125)104(63)5)30-45-23-25-48(109)26-24-45/h8-11,15-18,23-26,36-37,44,49,54-65,90-91,107-110H,6-7,12-14,19-22,27-35,38-43,84H2,1-5H3,(H2,85,111)(H2,86,112)(H,92,115)(H,93,113)(H,94,114)(H,95,119)(H,96,122)(H,97,118)(H,98,120)(H,99,117)(H,100,121)(H,101,116)(H4,87,88,89)/t44-,49+,54-,55-,56-,57-,58-,59-,60-,61-,62?,63-,64-,65-/m0/s1. The number of thioether (sulfide) groups is 1. The van der Waals surface area contributed by atoms with E-state index in [0.717, 1.165) is 36.3 Å². The molecule has 26 N–H and O–H groups in total. The SMILES string of the molecule is CCCC[C@H]1C(=O)N[C@@H](CC(N)=O)C(=O)N2CCC[C@H]2C(=O)N[C@@H](CO)C(=O)N[C@@H](CCCO)C(=O)N2C[C@H](O)C[C@H]2C(=O)N[C@@H](Cc2c[nH]c3ccccc23)C(=O)N[C@@H](CN)C(=O)N[C@@H](Cc2c[nH]c3ccccc23)C(=O)N(C)[C@@H](C)C(=O)N(C)CC(=O)N[C@@H](CCCNC(=N)N)C(=O)NC(C(=O)NCC(N)=O)CSCC(=O)N[C@@H](Cc2ccc(O)cc2)C(=O)N1C. The van der Waals surface area contributed by atoms with Crippen LogP contribution in [-0.4, -0.2) is 331 Å². The number of phenols is 1. The van der Waals surface area contributed by atoms with Crippen LogP contribution in [0, 0.1) is 5.41 Å². The summed E-state index contributed by atoms with van der Waals surface area (Å²) in [6, 6.07) is -1.34. The average molecular weight is 1810 g/mol. The van der Waals surface area contributed by atoms with Gasteiger partial charge in [-0.05, 0) is 92.8 Å². The minimum atomic E-state index is -1.88. The number of hydrogen-bond acceptors (Lipinski definition) is 24. The first-order chi connectivity index (χ1) is 60.9. The van der Waals surface area contributed by atoms with Crippen molar-refractivity contribution >= 4 is 140 Å². The van der Waals surface area contributed by atoms with Crippen LogP contribution < -0.4 is 81.4 Å². The molecule has 0 saturated carbocycles. The van der Waals surface area contributed by atoms with E-state index in [1.165, 1.54) is 52.3 Å². The highest BCUT2D eigenvalue weighted by molar-refractivity contribution is 8.00. The number of fused-ring (bicyclic) bond motifs is 4. The number of nitrogens with two attached hydrogens (primary N) is 4. The number of aliphatic hydroxyl groups excluding tert-OH is 3. The molecule has 5 aromatic rings. The van der Waals surface area contributed by atoms with Gasteiger partial charge in [-0.2, -0.15) is 0 Å². The number of amides is 17. The van der Waals surface area contributed by atoms with Crippen LogP contribution in [0.25, 0.3) is 21.8 Å². The summed E-state index contributed by atoms with van der Waals surface area (Å²) in [6.45, 7) is -1.39. The Bertz CT molecular complexity index is 4840. The number of carbonyl (C=O) groups is 17. The lowest BCUT2D eigenvalue weighted by Gasteiger charge is -2.33. The van der Waals surface area contributed by atoms with Crippen molar-refractivity contribution in [1.82, 2.24) is 93.0 Å². The molecular weight excluding hydrogens is 1690 g/mol. The third-order valence-electron chi connectivity index (χ3n) is 22.3. The van der Waals surface area contributed by atoms with Crippen molar-refractivity contribution in [2.45, 2.75) is 188 Å². The van der Waals surface area contributed by atoms with Crippen molar-refractivity contribution < 1.29 is 102 Å². The maximum Gasteiger partial charge on any atom is 0.246 e. The average Bonchev–Trinajstić information content (AvgIpc) is 1.68. The normalized spacial score (nSPS) is 24.8. The molecule has 3 aliphatic heterocycles. The van der Waals surface area contributed by atoms with E-state index >= 15 is 19.2 Å². The molecule has 0 bridgehead atoms. The molecule has 0 radical (unpaired) electrons. The predicted molar refractivity (Wildman–Crippen MR) is 465 cm³/mol. The molecule has 0 spiro atoms. The number of nitrogens with one attached hydrogen (secondary N) is 14. The van der Waals surface area contributed by atoms with E-state index in [0.29, 0.717) is 44.9 Å². The molecule has 1 unspecified atom stereocenters. The summed E-state index contributed by atoms with van der Waals surface area (Å²) in [5.74, 6) is -18.4. The lowest BCUT2D eigenvalue weighted by Crippen LogP contribution is -2.62. The molecule has 8 rings (SSSR count). The zero-order valence-corrected chi connectivity index (χ0v) is 72.6. The topological polar surface area (TPSA) is 679 Å². The Morgan fingerprint density at radius 3 is 1.72 bits per heavy atom. The summed E-state index contributed by atoms with van der Waals surface area (Å²) < 4.78 is 0. The number of aromatic amines is 2. The second-order valence-corrected chi connectivity index (χ2v) is 32.8. The summed E-state index contributed by atoms with van der Waals surface area (Å²) in [4.78, 5) is 256.